The highest BCUT2D eigenvalue weighted by molar-refractivity contribution is 5.78. The van der Waals surface area contributed by atoms with E-state index in [0.29, 0.717) is 12.5 Å². The summed E-state index contributed by atoms with van der Waals surface area (Å²) in [5.74, 6) is 0.713. The number of nitrogens with zero attached hydrogens (tertiary/aromatic N) is 1. The Morgan fingerprint density at radius 1 is 1.35 bits per heavy atom. The van der Waals surface area contributed by atoms with Gasteiger partial charge in [-0.15, -0.1) is 0 Å². The molecule has 1 aliphatic rings. The Labute approximate surface area is 105 Å². The van der Waals surface area contributed by atoms with Gasteiger partial charge in [-0.2, -0.15) is 0 Å². The molecule has 1 aliphatic heterocycles. The molecule has 17 heavy (non-hydrogen) atoms. The van der Waals surface area contributed by atoms with Crippen molar-refractivity contribution in [3.63, 3.8) is 0 Å². The van der Waals surface area contributed by atoms with Crippen LogP contribution >= 0.6 is 0 Å². The molecule has 100 valence electrons. The first-order valence-electron chi connectivity index (χ1n) is 6.83. The van der Waals surface area contributed by atoms with Gasteiger partial charge in [0.2, 0.25) is 5.91 Å². The second-order valence-corrected chi connectivity index (χ2v) is 5.34. The van der Waals surface area contributed by atoms with Crippen LogP contribution in [0.4, 0.5) is 0 Å². The van der Waals surface area contributed by atoms with Crippen molar-refractivity contribution >= 4 is 5.91 Å². The largest absolute Gasteiger partial charge is 0.356 e. The number of hydrogen-bond acceptors (Lipinski definition) is 3. The molecule has 0 aliphatic carbocycles. The van der Waals surface area contributed by atoms with Gasteiger partial charge in [-0.3, -0.25) is 4.79 Å². The summed E-state index contributed by atoms with van der Waals surface area (Å²) in [6, 6.07) is 0. The van der Waals surface area contributed by atoms with E-state index in [1.54, 1.807) is 0 Å². The van der Waals surface area contributed by atoms with Gasteiger partial charge in [0.25, 0.3) is 0 Å². The summed E-state index contributed by atoms with van der Waals surface area (Å²) in [5.41, 5.74) is 5.45. The predicted molar refractivity (Wildman–Crippen MR) is 70.7 cm³/mol. The maximum absolute atomic E-state index is 11.7. The summed E-state index contributed by atoms with van der Waals surface area (Å²) >= 11 is 0. The minimum absolute atomic E-state index is 0.0407. The summed E-state index contributed by atoms with van der Waals surface area (Å²) in [6.07, 6.45) is 3.42. The van der Waals surface area contributed by atoms with Gasteiger partial charge < -0.3 is 16.0 Å². The molecule has 4 nitrogen and oxygen atoms in total. The average Bonchev–Trinajstić information content (AvgIpc) is 2.79. The number of hydrogen-bond donors (Lipinski definition) is 2. The van der Waals surface area contributed by atoms with Crippen molar-refractivity contribution in [2.24, 2.45) is 17.6 Å². The second kappa shape index (κ2) is 7.67. The maximum Gasteiger partial charge on any atom is 0.222 e. The number of carbonyl (C=O) groups excluding carboxylic acids is 1. The maximum atomic E-state index is 11.7. The summed E-state index contributed by atoms with van der Waals surface area (Å²) in [6.45, 7) is 9.05. The van der Waals surface area contributed by atoms with Gasteiger partial charge in [0.05, 0.1) is 0 Å². The molecule has 1 amide bonds. The molecule has 0 aromatic rings. The molecular weight excluding hydrogens is 214 g/mol. The zero-order valence-corrected chi connectivity index (χ0v) is 11.2. The van der Waals surface area contributed by atoms with Gasteiger partial charge in [-0.05, 0) is 44.8 Å². The molecule has 2 atom stereocenters. The van der Waals surface area contributed by atoms with E-state index in [-0.39, 0.29) is 11.8 Å². The summed E-state index contributed by atoms with van der Waals surface area (Å²) in [7, 11) is 0. The Kier molecular flexibility index (Phi) is 6.52. The number of rotatable bonds is 7. The highest BCUT2D eigenvalue weighted by Crippen LogP contribution is 2.10. The molecule has 1 heterocycles. The minimum Gasteiger partial charge on any atom is -0.356 e. The number of amides is 1. The predicted octanol–water partition coefficient (Wildman–Crippen LogP) is 0.819. The van der Waals surface area contributed by atoms with Crippen LogP contribution in [0, 0.1) is 11.8 Å². The van der Waals surface area contributed by atoms with Gasteiger partial charge in [-0.1, -0.05) is 13.8 Å². The van der Waals surface area contributed by atoms with Crippen molar-refractivity contribution in [3.05, 3.63) is 0 Å². The molecule has 0 saturated carbocycles. The number of carbonyl (C=O) groups is 1. The van der Waals surface area contributed by atoms with Crippen LogP contribution in [0.5, 0.6) is 0 Å². The SMILES string of the molecule is CC(CNC(=O)C(C)CCN)CN1CCCC1. The molecule has 3 N–H and O–H groups in total. The summed E-state index contributed by atoms with van der Waals surface area (Å²) < 4.78 is 0. The minimum atomic E-state index is 0.0407. The van der Waals surface area contributed by atoms with E-state index in [4.69, 9.17) is 5.73 Å². The first kappa shape index (κ1) is 14.5. The van der Waals surface area contributed by atoms with Crippen molar-refractivity contribution < 1.29 is 4.79 Å². The Hall–Kier alpha value is -0.610. The fraction of sp³-hybridized carbons (Fsp3) is 0.923. The molecule has 0 radical (unpaired) electrons. The molecule has 4 heteroatoms. The third kappa shape index (κ3) is 5.50. The number of nitrogens with one attached hydrogen (secondary N) is 1. The Morgan fingerprint density at radius 3 is 2.59 bits per heavy atom. The van der Waals surface area contributed by atoms with E-state index in [2.05, 4.69) is 17.1 Å². The summed E-state index contributed by atoms with van der Waals surface area (Å²) in [5, 5.41) is 3.02. The second-order valence-electron chi connectivity index (χ2n) is 5.34. The van der Waals surface area contributed by atoms with Gasteiger partial charge in [0.1, 0.15) is 0 Å². The third-order valence-electron chi connectivity index (χ3n) is 3.44. The molecule has 0 aromatic heterocycles. The fourth-order valence-corrected chi connectivity index (χ4v) is 2.30. The van der Waals surface area contributed by atoms with Crippen molar-refractivity contribution in [2.45, 2.75) is 33.1 Å². The smallest absolute Gasteiger partial charge is 0.222 e. The van der Waals surface area contributed by atoms with Crippen molar-refractivity contribution in [1.29, 1.82) is 0 Å². The van der Waals surface area contributed by atoms with Crippen molar-refractivity contribution in [1.82, 2.24) is 10.2 Å². The van der Waals surface area contributed by atoms with Crippen LogP contribution in [0.1, 0.15) is 33.1 Å². The third-order valence-corrected chi connectivity index (χ3v) is 3.44. The molecule has 0 aromatic carbocycles. The molecular formula is C13H27N3O. The lowest BCUT2D eigenvalue weighted by Crippen LogP contribution is -2.37. The molecule has 0 spiro atoms. The zero-order chi connectivity index (χ0) is 12.7. The van der Waals surface area contributed by atoms with Crippen molar-refractivity contribution in [2.75, 3.05) is 32.7 Å². The van der Waals surface area contributed by atoms with Crippen LogP contribution in [0.25, 0.3) is 0 Å². The first-order valence-corrected chi connectivity index (χ1v) is 6.83. The van der Waals surface area contributed by atoms with Gasteiger partial charge in [-0.25, -0.2) is 0 Å². The molecule has 1 fully saturated rings. The van der Waals surface area contributed by atoms with Crippen LogP contribution in [0.15, 0.2) is 0 Å². The van der Waals surface area contributed by atoms with E-state index in [1.165, 1.54) is 25.9 Å². The number of likely N-dealkylation sites (tertiary alicyclic amines) is 1. The van der Waals surface area contributed by atoms with E-state index < -0.39 is 0 Å². The fourth-order valence-electron chi connectivity index (χ4n) is 2.30. The topological polar surface area (TPSA) is 58.4 Å². The van der Waals surface area contributed by atoms with E-state index in [9.17, 15) is 4.79 Å². The van der Waals surface area contributed by atoms with Crippen molar-refractivity contribution in [3.8, 4) is 0 Å². The van der Waals surface area contributed by atoms with Crippen LogP contribution < -0.4 is 11.1 Å². The number of nitrogens with two attached hydrogens (primary N) is 1. The first-order chi connectivity index (χ1) is 8.13. The Balaban J connectivity index is 2.13. The highest BCUT2D eigenvalue weighted by Gasteiger charge is 2.16. The van der Waals surface area contributed by atoms with E-state index >= 15 is 0 Å². The van der Waals surface area contributed by atoms with Gasteiger partial charge in [0.15, 0.2) is 0 Å². The Morgan fingerprint density at radius 2 is 2.00 bits per heavy atom. The van der Waals surface area contributed by atoms with Gasteiger partial charge in [0, 0.05) is 19.0 Å². The van der Waals surface area contributed by atoms with Crippen LogP contribution in [0.3, 0.4) is 0 Å². The van der Waals surface area contributed by atoms with E-state index in [0.717, 1.165) is 19.5 Å². The molecule has 0 bridgehead atoms. The van der Waals surface area contributed by atoms with Crippen LogP contribution in [-0.4, -0.2) is 43.5 Å². The lowest BCUT2D eigenvalue weighted by molar-refractivity contribution is -0.124. The lowest BCUT2D eigenvalue weighted by Gasteiger charge is -2.21. The van der Waals surface area contributed by atoms with E-state index in [1.807, 2.05) is 6.92 Å². The summed E-state index contributed by atoms with van der Waals surface area (Å²) in [4.78, 5) is 14.2. The molecule has 2 unspecified atom stereocenters. The van der Waals surface area contributed by atoms with Crippen LogP contribution in [0.2, 0.25) is 0 Å². The van der Waals surface area contributed by atoms with Gasteiger partial charge >= 0.3 is 0 Å². The quantitative estimate of drug-likeness (QED) is 0.694. The normalized spacial score (nSPS) is 20.2. The molecule has 1 saturated heterocycles. The standard InChI is InChI=1S/C13H27N3O/c1-11(10-16-7-3-4-8-16)9-15-13(17)12(2)5-6-14/h11-12H,3-10,14H2,1-2H3,(H,15,17). The lowest BCUT2D eigenvalue weighted by atomic mass is 10.1. The average molecular weight is 241 g/mol. The highest BCUT2D eigenvalue weighted by atomic mass is 16.1. The monoisotopic (exact) mass is 241 g/mol. The Bertz CT molecular complexity index is 227. The molecule has 1 rings (SSSR count). The zero-order valence-electron chi connectivity index (χ0n) is 11.2. The van der Waals surface area contributed by atoms with Crippen LogP contribution in [-0.2, 0) is 4.79 Å².